The predicted octanol–water partition coefficient (Wildman–Crippen LogP) is 3.71. The Kier molecular flexibility index (Phi) is 5.61. The van der Waals surface area contributed by atoms with Crippen molar-refractivity contribution in [1.82, 2.24) is 15.1 Å². The number of halogens is 2. The van der Waals surface area contributed by atoms with Crippen LogP contribution >= 0.6 is 35.4 Å². The van der Waals surface area contributed by atoms with Crippen molar-refractivity contribution in [3.63, 3.8) is 0 Å². The average Bonchev–Trinajstić information content (AvgIpc) is 2.87. The summed E-state index contributed by atoms with van der Waals surface area (Å²) in [4.78, 5) is 0. The van der Waals surface area contributed by atoms with Crippen LogP contribution in [0.3, 0.4) is 0 Å². The van der Waals surface area contributed by atoms with Crippen LogP contribution in [0.2, 0.25) is 10.0 Å². The highest BCUT2D eigenvalue weighted by Gasteiger charge is 2.05. The lowest BCUT2D eigenvalue weighted by atomic mass is 10.2. The Bertz CT molecular complexity index is 654. The summed E-state index contributed by atoms with van der Waals surface area (Å²) in [5.74, 6) is 0. The van der Waals surface area contributed by atoms with Gasteiger partial charge in [0, 0.05) is 22.8 Å². The number of nitrogens with zero attached hydrogens (tertiary/aromatic N) is 2. The fraction of sp³-hybridized carbons (Fsp3) is 0.143. The second kappa shape index (κ2) is 7.45. The van der Waals surface area contributed by atoms with E-state index in [4.69, 9.17) is 35.4 Å². The standard InChI is InChI=1S/C14H14Cl2N4S/c1-2-5-17-14(21)19-12-7-18-20(9-12)8-10-3-4-11(15)6-13(10)16/h2-4,6-7,9H,1,5,8H2,(H2,17,19,21). The van der Waals surface area contributed by atoms with Crippen molar-refractivity contribution >= 4 is 46.2 Å². The van der Waals surface area contributed by atoms with E-state index < -0.39 is 0 Å². The lowest BCUT2D eigenvalue weighted by molar-refractivity contribution is 0.687. The minimum absolute atomic E-state index is 0.527. The zero-order valence-corrected chi connectivity index (χ0v) is 13.5. The molecular weight excluding hydrogens is 327 g/mol. The second-order valence-electron chi connectivity index (χ2n) is 4.29. The molecule has 0 amide bonds. The van der Waals surface area contributed by atoms with Gasteiger partial charge in [-0.3, -0.25) is 4.68 Å². The fourth-order valence-electron chi connectivity index (χ4n) is 1.68. The number of rotatable bonds is 5. The van der Waals surface area contributed by atoms with Crippen LogP contribution in [0.4, 0.5) is 5.69 Å². The molecule has 0 spiro atoms. The van der Waals surface area contributed by atoms with Crippen molar-refractivity contribution < 1.29 is 0 Å². The van der Waals surface area contributed by atoms with Crippen molar-refractivity contribution in [3.8, 4) is 0 Å². The number of benzene rings is 1. The van der Waals surface area contributed by atoms with E-state index in [1.807, 2.05) is 12.3 Å². The lowest BCUT2D eigenvalue weighted by Gasteiger charge is -2.06. The molecule has 0 saturated heterocycles. The normalized spacial score (nSPS) is 10.2. The zero-order valence-electron chi connectivity index (χ0n) is 11.1. The van der Waals surface area contributed by atoms with Crippen LogP contribution in [0.15, 0.2) is 43.2 Å². The van der Waals surface area contributed by atoms with Crippen LogP contribution in [0.5, 0.6) is 0 Å². The van der Waals surface area contributed by atoms with Gasteiger partial charge in [-0.05, 0) is 29.9 Å². The monoisotopic (exact) mass is 340 g/mol. The highest BCUT2D eigenvalue weighted by atomic mass is 35.5. The van der Waals surface area contributed by atoms with E-state index in [-0.39, 0.29) is 0 Å². The SMILES string of the molecule is C=CCNC(=S)Nc1cnn(Cc2ccc(Cl)cc2Cl)c1. The van der Waals surface area contributed by atoms with Gasteiger partial charge in [-0.15, -0.1) is 6.58 Å². The third-order valence-corrected chi connectivity index (χ3v) is 3.48. The molecule has 0 aliphatic rings. The number of anilines is 1. The summed E-state index contributed by atoms with van der Waals surface area (Å²) in [5.41, 5.74) is 1.75. The number of nitrogens with one attached hydrogen (secondary N) is 2. The van der Waals surface area contributed by atoms with Gasteiger partial charge in [-0.25, -0.2) is 0 Å². The molecule has 1 aromatic carbocycles. The minimum atomic E-state index is 0.527. The van der Waals surface area contributed by atoms with Crippen molar-refractivity contribution in [2.75, 3.05) is 11.9 Å². The average molecular weight is 341 g/mol. The first kappa shape index (κ1) is 15.8. The van der Waals surface area contributed by atoms with E-state index in [0.29, 0.717) is 28.2 Å². The minimum Gasteiger partial charge on any atom is -0.359 e. The summed E-state index contributed by atoms with van der Waals surface area (Å²) in [5, 5.41) is 12.1. The van der Waals surface area contributed by atoms with Crippen molar-refractivity contribution in [2.45, 2.75) is 6.54 Å². The number of thiocarbonyl (C=S) groups is 1. The van der Waals surface area contributed by atoms with E-state index in [1.165, 1.54) is 0 Å². The Morgan fingerprint density at radius 3 is 2.95 bits per heavy atom. The number of hydrogen-bond acceptors (Lipinski definition) is 2. The third-order valence-electron chi connectivity index (χ3n) is 2.65. The van der Waals surface area contributed by atoms with E-state index in [1.54, 1.807) is 29.1 Å². The molecule has 0 saturated carbocycles. The van der Waals surface area contributed by atoms with E-state index >= 15 is 0 Å². The van der Waals surface area contributed by atoms with Crippen LogP contribution in [0.25, 0.3) is 0 Å². The molecule has 21 heavy (non-hydrogen) atoms. The summed E-state index contributed by atoms with van der Waals surface area (Å²) in [6, 6.07) is 5.41. The first-order chi connectivity index (χ1) is 10.1. The molecule has 4 nitrogen and oxygen atoms in total. The highest BCUT2D eigenvalue weighted by molar-refractivity contribution is 7.80. The summed E-state index contributed by atoms with van der Waals surface area (Å²) >= 11 is 17.2. The molecule has 0 aliphatic heterocycles. The van der Waals surface area contributed by atoms with E-state index in [2.05, 4.69) is 22.3 Å². The molecule has 1 heterocycles. The Balaban J connectivity index is 1.99. The van der Waals surface area contributed by atoms with Gasteiger partial charge in [0.2, 0.25) is 0 Å². The molecule has 0 atom stereocenters. The number of hydrogen-bond donors (Lipinski definition) is 2. The maximum Gasteiger partial charge on any atom is 0.171 e. The molecule has 0 fully saturated rings. The molecule has 0 unspecified atom stereocenters. The maximum absolute atomic E-state index is 6.15. The van der Waals surface area contributed by atoms with Gasteiger partial charge in [0.25, 0.3) is 0 Å². The summed E-state index contributed by atoms with van der Waals surface area (Å²) in [6.07, 6.45) is 5.29. The molecule has 0 aliphatic carbocycles. The predicted molar refractivity (Wildman–Crippen MR) is 92.2 cm³/mol. The highest BCUT2D eigenvalue weighted by Crippen LogP contribution is 2.21. The Hall–Kier alpha value is -1.56. The molecule has 2 aromatic rings. The lowest BCUT2D eigenvalue weighted by Crippen LogP contribution is -2.28. The van der Waals surface area contributed by atoms with Gasteiger partial charge in [-0.2, -0.15) is 5.10 Å². The molecule has 1 aromatic heterocycles. The van der Waals surface area contributed by atoms with E-state index in [9.17, 15) is 0 Å². The first-order valence-electron chi connectivity index (χ1n) is 6.20. The molecule has 7 heteroatoms. The molecular formula is C14H14Cl2N4S. The van der Waals surface area contributed by atoms with Crippen molar-refractivity contribution in [3.05, 3.63) is 58.9 Å². The molecule has 0 radical (unpaired) electrons. The summed E-state index contributed by atoms with van der Waals surface area (Å²) < 4.78 is 1.77. The molecule has 2 N–H and O–H groups in total. The van der Waals surface area contributed by atoms with Gasteiger partial charge < -0.3 is 10.6 Å². The van der Waals surface area contributed by atoms with Crippen LogP contribution in [-0.2, 0) is 6.54 Å². The summed E-state index contributed by atoms with van der Waals surface area (Å²) in [6.45, 7) is 4.79. The quantitative estimate of drug-likeness (QED) is 0.643. The largest absolute Gasteiger partial charge is 0.359 e. The molecule has 110 valence electrons. The van der Waals surface area contributed by atoms with Crippen molar-refractivity contribution in [1.29, 1.82) is 0 Å². The van der Waals surface area contributed by atoms with Crippen LogP contribution in [0.1, 0.15) is 5.56 Å². The van der Waals surface area contributed by atoms with Crippen LogP contribution in [0, 0.1) is 0 Å². The third kappa shape index (κ3) is 4.74. The van der Waals surface area contributed by atoms with Gasteiger partial charge in [0.1, 0.15) is 0 Å². The van der Waals surface area contributed by atoms with Crippen LogP contribution in [-0.4, -0.2) is 21.4 Å². The van der Waals surface area contributed by atoms with E-state index in [0.717, 1.165) is 11.3 Å². The Morgan fingerprint density at radius 1 is 1.43 bits per heavy atom. The van der Waals surface area contributed by atoms with Gasteiger partial charge >= 0.3 is 0 Å². The molecule has 2 rings (SSSR count). The van der Waals surface area contributed by atoms with Gasteiger partial charge in [0.15, 0.2) is 5.11 Å². The smallest absolute Gasteiger partial charge is 0.171 e. The second-order valence-corrected chi connectivity index (χ2v) is 5.54. The first-order valence-corrected chi connectivity index (χ1v) is 7.37. The zero-order chi connectivity index (χ0) is 15.2. The molecule has 0 bridgehead atoms. The fourth-order valence-corrected chi connectivity index (χ4v) is 2.35. The van der Waals surface area contributed by atoms with Gasteiger partial charge in [-0.1, -0.05) is 35.3 Å². The number of aromatic nitrogens is 2. The van der Waals surface area contributed by atoms with Crippen molar-refractivity contribution in [2.24, 2.45) is 0 Å². The topological polar surface area (TPSA) is 41.9 Å². The van der Waals surface area contributed by atoms with Crippen LogP contribution < -0.4 is 10.6 Å². The van der Waals surface area contributed by atoms with Gasteiger partial charge in [0.05, 0.1) is 18.4 Å². The maximum atomic E-state index is 6.15. The Labute approximate surface area is 138 Å². The Morgan fingerprint density at radius 2 is 2.24 bits per heavy atom. The summed E-state index contributed by atoms with van der Waals surface area (Å²) in [7, 11) is 0.